The van der Waals surface area contributed by atoms with E-state index in [4.69, 9.17) is 0 Å². The van der Waals surface area contributed by atoms with Crippen molar-refractivity contribution >= 4 is 0 Å². The summed E-state index contributed by atoms with van der Waals surface area (Å²) in [4.78, 5) is 0. The topological polar surface area (TPSA) is 12.0 Å². The van der Waals surface area contributed by atoms with Crippen LogP contribution in [0.15, 0.2) is 18.2 Å². The van der Waals surface area contributed by atoms with E-state index in [1.165, 1.54) is 6.07 Å². The fourth-order valence-corrected chi connectivity index (χ4v) is 2.65. The summed E-state index contributed by atoms with van der Waals surface area (Å²) in [7, 11) is 1.99. The Bertz CT molecular complexity index is 370. The van der Waals surface area contributed by atoms with Gasteiger partial charge in [0.25, 0.3) is 0 Å². The van der Waals surface area contributed by atoms with E-state index in [1.54, 1.807) is 6.07 Å². The predicted octanol–water partition coefficient (Wildman–Crippen LogP) is 3.29. The molecule has 3 heteroatoms. The van der Waals surface area contributed by atoms with Crippen molar-refractivity contribution in [3.8, 4) is 0 Å². The molecule has 2 rings (SSSR count). The molecule has 0 spiro atoms. The summed E-state index contributed by atoms with van der Waals surface area (Å²) in [5.74, 6) is -0.356. The number of hydrogen-bond donors (Lipinski definition) is 1. The van der Waals surface area contributed by atoms with Gasteiger partial charge in [-0.25, -0.2) is 8.78 Å². The van der Waals surface area contributed by atoms with Crippen LogP contribution in [0.4, 0.5) is 8.78 Å². The molecule has 0 heterocycles. The summed E-state index contributed by atoms with van der Waals surface area (Å²) in [6.07, 6.45) is 5.31. The first-order valence-electron chi connectivity index (χ1n) is 6.30. The second kappa shape index (κ2) is 5.58. The second-order valence-corrected chi connectivity index (χ2v) is 4.95. The maximum absolute atomic E-state index is 13.5. The first-order chi connectivity index (χ1) is 8.19. The SMILES string of the molecule is CNC1CCC(Cc2ccc(F)cc2F)CC1. The first kappa shape index (κ1) is 12.5. The van der Waals surface area contributed by atoms with Gasteiger partial charge in [-0.3, -0.25) is 0 Å². The number of hydrogen-bond acceptors (Lipinski definition) is 1. The third-order valence-corrected chi connectivity index (χ3v) is 3.78. The maximum Gasteiger partial charge on any atom is 0.129 e. The van der Waals surface area contributed by atoms with Crippen LogP contribution >= 0.6 is 0 Å². The Morgan fingerprint density at radius 2 is 1.88 bits per heavy atom. The molecular weight excluding hydrogens is 220 g/mol. The lowest BCUT2D eigenvalue weighted by Crippen LogP contribution is -2.30. The summed E-state index contributed by atoms with van der Waals surface area (Å²) in [5.41, 5.74) is 0.652. The van der Waals surface area contributed by atoms with Gasteiger partial charge < -0.3 is 5.32 Å². The molecule has 1 aliphatic rings. The molecule has 94 valence electrons. The Morgan fingerprint density at radius 3 is 2.47 bits per heavy atom. The van der Waals surface area contributed by atoms with Crippen LogP contribution in [0.1, 0.15) is 31.2 Å². The van der Waals surface area contributed by atoms with Gasteiger partial charge in [0.05, 0.1) is 0 Å². The zero-order chi connectivity index (χ0) is 12.3. The molecule has 1 N–H and O–H groups in total. The molecule has 1 saturated carbocycles. The van der Waals surface area contributed by atoms with Gasteiger partial charge in [0.1, 0.15) is 11.6 Å². The van der Waals surface area contributed by atoms with E-state index >= 15 is 0 Å². The fourth-order valence-electron chi connectivity index (χ4n) is 2.65. The van der Waals surface area contributed by atoms with Gasteiger partial charge in [-0.05, 0) is 56.7 Å². The molecule has 1 aliphatic carbocycles. The lowest BCUT2D eigenvalue weighted by Gasteiger charge is -2.28. The number of rotatable bonds is 3. The van der Waals surface area contributed by atoms with Crippen molar-refractivity contribution in [1.29, 1.82) is 0 Å². The molecule has 17 heavy (non-hydrogen) atoms. The highest BCUT2D eigenvalue weighted by atomic mass is 19.1. The highest BCUT2D eigenvalue weighted by molar-refractivity contribution is 5.19. The summed E-state index contributed by atoms with van der Waals surface area (Å²) in [6, 6.07) is 4.52. The van der Waals surface area contributed by atoms with E-state index < -0.39 is 11.6 Å². The highest BCUT2D eigenvalue weighted by Gasteiger charge is 2.21. The van der Waals surface area contributed by atoms with Crippen LogP contribution in [0.25, 0.3) is 0 Å². The van der Waals surface area contributed by atoms with Crippen LogP contribution < -0.4 is 5.32 Å². The zero-order valence-electron chi connectivity index (χ0n) is 10.2. The maximum atomic E-state index is 13.5. The molecule has 0 unspecified atom stereocenters. The predicted molar refractivity (Wildman–Crippen MR) is 64.9 cm³/mol. The first-order valence-corrected chi connectivity index (χ1v) is 6.30. The van der Waals surface area contributed by atoms with Crippen LogP contribution in [0.3, 0.4) is 0 Å². The summed E-state index contributed by atoms with van der Waals surface area (Å²) >= 11 is 0. The molecule has 0 bridgehead atoms. The van der Waals surface area contributed by atoms with Gasteiger partial charge in [0.2, 0.25) is 0 Å². The Labute approximate surface area is 101 Å². The van der Waals surface area contributed by atoms with E-state index in [9.17, 15) is 8.78 Å². The van der Waals surface area contributed by atoms with Crippen LogP contribution in [-0.4, -0.2) is 13.1 Å². The van der Waals surface area contributed by atoms with Gasteiger partial charge in [0.15, 0.2) is 0 Å². The van der Waals surface area contributed by atoms with E-state index in [1.807, 2.05) is 7.05 Å². The number of halogens is 2. The Balaban J connectivity index is 1.93. The molecule has 1 fully saturated rings. The van der Waals surface area contributed by atoms with Crippen LogP contribution in [0.5, 0.6) is 0 Å². The van der Waals surface area contributed by atoms with Crippen molar-refractivity contribution in [3.63, 3.8) is 0 Å². The second-order valence-electron chi connectivity index (χ2n) is 4.95. The van der Waals surface area contributed by atoms with Crippen LogP contribution in [-0.2, 0) is 6.42 Å². The lowest BCUT2D eigenvalue weighted by molar-refractivity contribution is 0.298. The molecule has 0 atom stereocenters. The minimum absolute atomic E-state index is 0.402. The molecule has 0 aromatic heterocycles. The van der Waals surface area contributed by atoms with E-state index in [0.717, 1.165) is 38.2 Å². The molecule has 1 nitrogen and oxygen atoms in total. The molecule has 0 amide bonds. The summed E-state index contributed by atoms with van der Waals surface area (Å²) < 4.78 is 26.3. The quantitative estimate of drug-likeness (QED) is 0.853. The summed E-state index contributed by atoms with van der Waals surface area (Å²) in [5, 5.41) is 3.28. The van der Waals surface area contributed by atoms with Crippen molar-refractivity contribution in [3.05, 3.63) is 35.4 Å². The third-order valence-electron chi connectivity index (χ3n) is 3.78. The zero-order valence-corrected chi connectivity index (χ0v) is 10.2. The fraction of sp³-hybridized carbons (Fsp3) is 0.571. The molecule has 0 radical (unpaired) electrons. The van der Waals surface area contributed by atoms with Crippen molar-refractivity contribution in [2.75, 3.05) is 7.05 Å². The Kier molecular flexibility index (Phi) is 4.11. The Hall–Kier alpha value is -0.960. The minimum atomic E-state index is -0.495. The largest absolute Gasteiger partial charge is 0.317 e. The van der Waals surface area contributed by atoms with E-state index in [2.05, 4.69) is 5.32 Å². The average molecular weight is 239 g/mol. The molecule has 1 aromatic carbocycles. The van der Waals surface area contributed by atoms with Gasteiger partial charge in [-0.15, -0.1) is 0 Å². The van der Waals surface area contributed by atoms with Crippen LogP contribution in [0, 0.1) is 17.6 Å². The van der Waals surface area contributed by atoms with Crippen molar-refractivity contribution in [2.24, 2.45) is 5.92 Å². The minimum Gasteiger partial charge on any atom is -0.317 e. The summed E-state index contributed by atoms with van der Waals surface area (Å²) in [6.45, 7) is 0. The normalized spacial score (nSPS) is 24.9. The van der Waals surface area contributed by atoms with Gasteiger partial charge >= 0.3 is 0 Å². The highest BCUT2D eigenvalue weighted by Crippen LogP contribution is 2.28. The number of benzene rings is 1. The molecular formula is C14H19F2N. The van der Waals surface area contributed by atoms with E-state index in [0.29, 0.717) is 17.5 Å². The number of nitrogens with one attached hydrogen (secondary N) is 1. The molecule has 0 saturated heterocycles. The van der Waals surface area contributed by atoms with E-state index in [-0.39, 0.29) is 0 Å². The van der Waals surface area contributed by atoms with Crippen LogP contribution in [0.2, 0.25) is 0 Å². The monoisotopic (exact) mass is 239 g/mol. The molecule has 0 aliphatic heterocycles. The van der Waals surface area contributed by atoms with Crippen molar-refractivity contribution in [2.45, 2.75) is 38.1 Å². The van der Waals surface area contributed by atoms with Gasteiger partial charge in [0, 0.05) is 12.1 Å². The third kappa shape index (κ3) is 3.25. The molecule has 1 aromatic rings. The Morgan fingerprint density at radius 1 is 1.18 bits per heavy atom. The average Bonchev–Trinajstić information content (AvgIpc) is 2.34. The van der Waals surface area contributed by atoms with Crippen molar-refractivity contribution < 1.29 is 8.78 Å². The lowest BCUT2D eigenvalue weighted by atomic mass is 9.82. The smallest absolute Gasteiger partial charge is 0.129 e. The standard InChI is InChI=1S/C14H19F2N/c1-17-13-6-2-10(3-7-13)8-11-4-5-12(15)9-14(11)16/h4-5,9-10,13,17H,2-3,6-8H2,1H3. The van der Waals surface area contributed by atoms with Gasteiger partial charge in [-0.1, -0.05) is 6.07 Å². The van der Waals surface area contributed by atoms with Gasteiger partial charge in [-0.2, -0.15) is 0 Å². The van der Waals surface area contributed by atoms with Crippen molar-refractivity contribution in [1.82, 2.24) is 5.32 Å².